The van der Waals surface area contributed by atoms with Gasteiger partial charge in [0.15, 0.2) is 6.20 Å². The molecule has 1 aromatic heterocycles. The Morgan fingerprint density at radius 2 is 1.67 bits per heavy atom. The number of para-hydroxylation sites is 1. The van der Waals surface area contributed by atoms with Gasteiger partial charge in [-0.2, -0.15) is 0 Å². The largest absolute Gasteiger partial charge is 0.215 e. The molecule has 0 atom stereocenters. The summed E-state index contributed by atoms with van der Waals surface area (Å²) in [7, 11) is 2.11. The number of hydrogen-bond donors (Lipinski definition) is 0. The molecule has 0 aliphatic carbocycles. The van der Waals surface area contributed by atoms with Crippen LogP contribution in [-0.4, -0.2) is 0 Å². The van der Waals surface area contributed by atoms with Crippen molar-refractivity contribution in [2.45, 2.75) is 26.2 Å². The smallest absolute Gasteiger partial charge is 0.201 e. The molecule has 0 bridgehead atoms. The van der Waals surface area contributed by atoms with E-state index in [1.54, 1.807) is 0 Å². The van der Waals surface area contributed by atoms with Gasteiger partial charge in [-0.15, -0.1) is 0 Å². The zero-order valence-corrected chi connectivity index (χ0v) is 9.91. The zero-order chi connectivity index (χ0) is 11.1. The Bertz CT molecular complexity index is 487. The molecule has 1 aromatic carbocycles. The minimum atomic E-state index is 0.193. The van der Waals surface area contributed by atoms with Crippen LogP contribution in [0.15, 0.2) is 36.5 Å². The van der Waals surface area contributed by atoms with Gasteiger partial charge in [0.05, 0.1) is 0 Å². The predicted molar refractivity (Wildman–Crippen MR) is 63.8 cm³/mol. The number of rotatable bonds is 0. The average molecular weight is 200 g/mol. The second-order valence-electron chi connectivity index (χ2n) is 5.11. The van der Waals surface area contributed by atoms with Crippen molar-refractivity contribution in [1.29, 1.82) is 0 Å². The minimum Gasteiger partial charge on any atom is -0.201 e. The van der Waals surface area contributed by atoms with Crippen LogP contribution in [0.3, 0.4) is 0 Å². The lowest BCUT2D eigenvalue weighted by Gasteiger charge is -2.18. The van der Waals surface area contributed by atoms with Crippen LogP contribution in [0.5, 0.6) is 0 Å². The first-order valence-corrected chi connectivity index (χ1v) is 5.38. The van der Waals surface area contributed by atoms with Gasteiger partial charge in [-0.1, -0.05) is 32.9 Å². The first kappa shape index (κ1) is 10.2. The number of pyridine rings is 1. The fraction of sp³-hybridized carbons (Fsp3) is 0.357. The molecule has 0 aliphatic heterocycles. The topological polar surface area (TPSA) is 3.88 Å². The molecule has 0 radical (unpaired) electrons. The number of fused-ring (bicyclic) bond motifs is 1. The van der Waals surface area contributed by atoms with Crippen LogP contribution in [-0.2, 0) is 12.5 Å². The number of benzene rings is 1. The van der Waals surface area contributed by atoms with E-state index in [1.807, 2.05) is 0 Å². The Morgan fingerprint density at radius 3 is 2.33 bits per heavy atom. The van der Waals surface area contributed by atoms with Crippen molar-refractivity contribution in [2.24, 2.45) is 7.05 Å². The Labute approximate surface area is 91.4 Å². The third-order valence-corrected chi connectivity index (χ3v) is 2.81. The molecule has 0 saturated heterocycles. The molecular formula is C14H18N+. The van der Waals surface area contributed by atoms with Gasteiger partial charge < -0.3 is 0 Å². The van der Waals surface area contributed by atoms with E-state index in [0.29, 0.717) is 0 Å². The number of nitrogens with zero attached hydrogens (tertiary/aromatic N) is 1. The molecule has 0 spiro atoms. The molecule has 1 heterocycles. The minimum absolute atomic E-state index is 0.193. The Kier molecular flexibility index (Phi) is 2.26. The quantitative estimate of drug-likeness (QED) is 0.576. The van der Waals surface area contributed by atoms with Gasteiger partial charge in [0.2, 0.25) is 5.52 Å². The maximum absolute atomic E-state index is 2.26. The molecule has 0 N–H and O–H groups in total. The monoisotopic (exact) mass is 200 g/mol. The van der Waals surface area contributed by atoms with Gasteiger partial charge in [0, 0.05) is 17.0 Å². The number of aromatic nitrogens is 1. The highest BCUT2D eigenvalue weighted by atomic mass is 14.9. The Morgan fingerprint density at radius 1 is 1.00 bits per heavy atom. The van der Waals surface area contributed by atoms with Gasteiger partial charge in [0.1, 0.15) is 7.05 Å². The zero-order valence-electron chi connectivity index (χ0n) is 9.91. The molecule has 0 saturated carbocycles. The van der Waals surface area contributed by atoms with E-state index in [1.165, 1.54) is 16.5 Å². The van der Waals surface area contributed by atoms with E-state index < -0.39 is 0 Å². The van der Waals surface area contributed by atoms with Gasteiger partial charge in [-0.05, 0) is 17.5 Å². The van der Waals surface area contributed by atoms with Crippen molar-refractivity contribution >= 4 is 10.9 Å². The number of hydrogen-bond acceptors (Lipinski definition) is 0. The summed E-state index contributed by atoms with van der Waals surface area (Å²) in [4.78, 5) is 0. The molecule has 1 heteroatoms. The fourth-order valence-electron chi connectivity index (χ4n) is 2.05. The van der Waals surface area contributed by atoms with Crippen LogP contribution in [0.25, 0.3) is 10.9 Å². The lowest BCUT2D eigenvalue weighted by atomic mass is 9.85. The van der Waals surface area contributed by atoms with Crippen LogP contribution in [0, 0.1) is 0 Å². The van der Waals surface area contributed by atoms with Gasteiger partial charge in [-0.25, -0.2) is 4.57 Å². The molecule has 15 heavy (non-hydrogen) atoms. The normalized spacial score (nSPS) is 12.0. The molecule has 0 amide bonds. The lowest BCUT2D eigenvalue weighted by Crippen LogP contribution is -2.31. The Balaban J connectivity index is 2.86. The maximum Gasteiger partial charge on any atom is 0.215 e. The first-order chi connectivity index (χ1) is 7.00. The van der Waals surface area contributed by atoms with Gasteiger partial charge in [-0.3, -0.25) is 0 Å². The van der Waals surface area contributed by atoms with Crippen molar-refractivity contribution in [3.05, 3.63) is 42.1 Å². The molecular weight excluding hydrogens is 182 g/mol. The van der Waals surface area contributed by atoms with Crippen LogP contribution in [0.2, 0.25) is 0 Å². The van der Waals surface area contributed by atoms with E-state index in [-0.39, 0.29) is 5.41 Å². The van der Waals surface area contributed by atoms with Crippen molar-refractivity contribution in [1.82, 2.24) is 0 Å². The lowest BCUT2D eigenvalue weighted by molar-refractivity contribution is -0.645. The van der Waals surface area contributed by atoms with E-state index >= 15 is 0 Å². The summed E-state index contributed by atoms with van der Waals surface area (Å²) < 4.78 is 2.20. The van der Waals surface area contributed by atoms with Gasteiger partial charge >= 0.3 is 0 Å². The summed E-state index contributed by atoms with van der Waals surface area (Å²) in [5.41, 5.74) is 2.94. The van der Waals surface area contributed by atoms with Crippen LogP contribution < -0.4 is 4.57 Å². The van der Waals surface area contributed by atoms with Crippen molar-refractivity contribution in [3.8, 4) is 0 Å². The molecule has 0 aliphatic rings. The third-order valence-electron chi connectivity index (χ3n) is 2.81. The van der Waals surface area contributed by atoms with Crippen LogP contribution >= 0.6 is 0 Å². The van der Waals surface area contributed by atoms with Crippen molar-refractivity contribution < 1.29 is 4.57 Å². The second kappa shape index (κ2) is 3.34. The standard InChI is InChI=1S/C14H18N/c1-14(2,3)12-9-5-7-11-8-6-10-15(4)13(11)12/h5-10H,1-4H3/q+1. The molecule has 78 valence electrons. The second-order valence-corrected chi connectivity index (χ2v) is 5.11. The van der Waals surface area contributed by atoms with Crippen LogP contribution in [0.1, 0.15) is 26.3 Å². The summed E-state index contributed by atoms with van der Waals surface area (Å²) in [5, 5.41) is 1.31. The van der Waals surface area contributed by atoms with E-state index in [2.05, 4.69) is 68.9 Å². The highest BCUT2D eigenvalue weighted by Crippen LogP contribution is 2.27. The summed E-state index contributed by atoms with van der Waals surface area (Å²) in [6.45, 7) is 6.78. The highest BCUT2D eigenvalue weighted by Gasteiger charge is 2.21. The Hall–Kier alpha value is -1.37. The van der Waals surface area contributed by atoms with Crippen LogP contribution in [0.4, 0.5) is 0 Å². The maximum atomic E-state index is 2.26. The summed E-state index contributed by atoms with van der Waals surface area (Å²) in [6.07, 6.45) is 2.11. The van der Waals surface area contributed by atoms with E-state index in [4.69, 9.17) is 0 Å². The molecule has 0 fully saturated rings. The van der Waals surface area contributed by atoms with E-state index in [9.17, 15) is 0 Å². The van der Waals surface area contributed by atoms with Gasteiger partial charge in [0.25, 0.3) is 0 Å². The molecule has 2 aromatic rings. The summed E-state index contributed by atoms with van der Waals surface area (Å²) >= 11 is 0. The number of aryl methyl sites for hydroxylation is 1. The van der Waals surface area contributed by atoms with Crippen molar-refractivity contribution in [3.63, 3.8) is 0 Å². The van der Waals surface area contributed by atoms with Crippen molar-refractivity contribution in [2.75, 3.05) is 0 Å². The fourth-order valence-corrected chi connectivity index (χ4v) is 2.05. The average Bonchev–Trinajstić information content (AvgIpc) is 2.16. The van der Waals surface area contributed by atoms with E-state index in [0.717, 1.165) is 0 Å². The molecule has 0 unspecified atom stereocenters. The first-order valence-electron chi connectivity index (χ1n) is 5.38. The summed E-state index contributed by atoms with van der Waals surface area (Å²) in [5.74, 6) is 0. The molecule has 1 nitrogen and oxygen atoms in total. The highest BCUT2D eigenvalue weighted by molar-refractivity contribution is 5.79. The third kappa shape index (κ3) is 1.74. The SMILES string of the molecule is C[n+]1cccc2cccc(C(C)(C)C)c21. The molecule has 2 rings (SSSR count). The predicted octanol–water partition coefficient (Wildman–Crippen LogP) is 2.96. The summed E-state index contributed by atoms with van der Waals surface area (Å²) in [6, 6.07) is 10.8.